The van der Waals surface area contributed by atoms with Crippen molar-refractivity contribution in [3.63, 3.8) is 0 Å². The molecule has 1 aliphatic heterocycles. The number of hydrogen-bond donors (Lipinski definition) is 2. The fourth-order valence-electron chi connectivity index (χ4n) is 3.17. The van der Waals surface area contributed by atoms with Gasteiger partial charge in [0, 0.05) is 6.42 Å². The molecule has 23 heavy (non-hydrogen) atoms. The van der Waals surface area contributed by atoms with E-state index in [9.17, 15) is 9.90 Å². The van der Waals surface area contributed by atoms with Crippen molar-refractivity contribution >= 4 is 11.6 Å². The quantitative estimate of drug-likeness (QED) is 0.874. The highest BCUT2D eigenvalue weighted by atomic mass is 16.3. The van der Waals surface area contributed by atoms with Crippen LogP contribution >= 0.6 is 0 Å². The van der Waals surface area contributed by atoms with Crippen molar-refractivity contribution in [3.05, 3.63) is 41.5 Å². The summed E-state index contributed by atoms with van der Waals surface area (Å²) >= 11 is 0. The molecule has 1 heterocycles. The van der Waals surface area contributed by atoms with Gasteiger partial charge >= 0.3 is 0 Å². The lowest BCUT2D eigenvalue weighted by atomic mass is 9.84. The lowest BCUT2D eigenvalue weighted by Gasteiger charge is -2.25. The van der Waals surface area contributed by atoms with Crippen LogP contribution < -0.4 is 5.73 Å². The lowest BCUT2D eigenvalue weighted by molar-refractivity contribution is -0.123. The molecule has 2 rings (SSSR count). The number of allylic oxidation sites excluding steroid dienone is 1. The van der Waals surface area contributed by atoms with Crippen LogP contribution in [0.25, 0.3) is 0 Å². The Morgan fingerprint density at radius 2 is 2.09 bits per heavy atom. The normalized spacial score (nSPS) is 21.8. The van der Waals surface area contributed by atoms with E-state index in [1.54, 1.807) is 12.1 Å². The number of aryl methyl sites for hydroxylation is 1. The van der Waals surface area contributed by atoms with E-state index in [1.807, 2.05) is 25.1 Å². The Bertz CT molecular complexity index is 647. The molecule has 0 bridgehead atoms. The topological polar surface area (TPSA) is 75.7 Å². The summed E-state index contributed by atoms with van der Waals surface area (Å²) in [6.45, 7) is 6.06. The summed E-state index contributed by atoms with van der Waals surface area (Å²) in [5, 5.41) is 9.52. The standard InChI is InChI=1S/C19H26N2O2/c1-13(2)12-19(3)17(23)10-15(11-18(20)21-19)8-7-14-5-4-6-16(22)9-14/h4-6,9,11,13,22H,7-8,10,12H2,1-3H3,(H2,20,21). The third-order valence-corrected chi connectivity index (χ3v) is 4.17. The number of rotatable bonds is 5. The first kappa shape index (κ1) is 17.3. The number of aliphatic imine (C=N–C) groups is 1. The second-order valence-corrected chi connectivity index (χ2v) is 6.98. The second kappa shape index (κ2) is 6.99. The van der Waals surface area contributed by atoms with Gasteiger partial charge in [-0.3, -0.25) is 9.79 Å². The SMILES string of the molecule is CC(C)CC1(C)N=C(N)C=C(CCc2cccc(O)c2)CC1=O. The monoisotopic (exact) mass is 314 g/mol. The molecule has 3 N–H and O–H groups in total. The highest BCUT2D eigenvalue weighted by Crippen LogP contribution is 2.29. The Morgan fingerprint density at radius 3 is 2.74 bits per heavy atom. The second-order valence-electron chi connectivity index (χ2n) is 6.98. The van der Waals surface area contributed by atoms with Crippen LogP contribution in [0.4, 0.5) is 0 Å². The van der Waals surface area contributed by atoms with Gasteiger partial charge in [-0.05, 0) is 55.9 Å². The minimum Gasteiger partial charge on any atom is -0.508 e. The van der Waals surface area contributed by atoms with Gasteiger partial charge < -0.3 is 10.8 Å². The maximum Gasteiger partial charge on any atom is 0.164 e. The number of carbonyl (C=O) groups excluding carboxylic acids is 1. The highest BCUT2D eigenvalue weighted by Gasteiger charge is 2.35. The molecule has 1 aromatic carbocycles. The fourth-order valence-corrected chi connectivity index (χ4v) is 3.17. The van der Waals surface area contributed by atoms with Gasteiger partial charge in [0.1, 0.15) is 17.1 Å². The summed E-state index contributed by atoms with van der Waals surface area (Å²) in [6, 6.07) is 7.20. The van der Waals surface area contributed by atoms with E-state index in [0.717, 1.165) is 24.0 Å². The molecule has 0 aliphatic carbocycles. The van der Waals surface area contributed by atoms with E-state index in [2.05, 4.69) is 18.8 Å². The fraction of sp³-hybridized carbons (Fsp3) is 0.474. The molecule has 124 valence electrons. The van der Waals surface area contributed by atoms with Gasteiger partial charge in [0.15, 0.2) is 5.78 Å². The number of carbonyl (C=O) groups is 1. The number of nitrogens with two attached hydrogens (primary N) is 1. The van der Waals surface area contributed by atoms with Gasteiger partial charge in [0.2, 0.25) is 0 Å². The molecule has 0 spiro atoms. The van der Waals surface area contributed by atoms with Crippen LogP contribution in [0.3, 0.4) is 0 Å². The molecule has 1 unspecified atom stereocenters. The maximum absolute atomic E-state index is 12.6. The number of Topliss-reactive ketones (excluding diaryl/α,β-unsaturated/α-hetero) is 1. The average molecular weight is 314 g/mol. The molecule has 0 fully saturated rings. The Hall–Kier alpha value is -2.10. The molecule has 0 amide bonds. The van der Waals surface area contributed by atoms with E-state index in [1.165, 1.54) is 0 Å². The van der Waals surface area contributed by atoms with Gasteiger partial charge in [-0.15, -0.1) is 0 Å². The van der Waals surface area contributed by atoms with Crippen LogP contribution in [0.2, 0.25) is 0 Å². The van der Waals surface area contributed by atoms with Crippen LogP contribution in [-0.4, -0.2) is 22.3 Å². The first-order chi connectivity index (χ1) is 10.8. The number of aromatic hydroxyl groups is 1. The predicted octanol–water partition coefficient (Wildman–Crippen LogP) is 3.39. The predicted molar refractivity (Wildman–Crippen MR) is 93.6 cm³/mol. The van der Waals surface area contributed by atoms with Gasteiger partial charge in [-0.2, -0.15) is 0 Å². The van der Waals surface area contributed by atoms with Crippen LogP contribution in [-0.2, 0) is 11.2 Å². The third kappa shape index (κ3) is 4.68. The first-order valence-electron chi connectivity index (χ1n) is 8.14. The first-order valence-corrected chi connectivity index (χ1v) is 8.14. The molecule has 0 aromatic heterocycles. The van der Waals surface area contributed by atoms with E-state index in [0.29, 0.717) is 24.6 Å². The zero-order valence-corrected chi connectivity index (χ0v) is 14.2. The van der Waals surface area contributed by atoms with Crippen molar-refractivity contribution in [2.45, 2.75) is 52.0 Å². The number of benzene rings is 1. The van der Waals surface area contributed by atoms with Gasteiger partial charge in [-0.1, -0.05) is 31.6 Å². The highest BCUT2D eigenvalue weighted by molar-refractivity contribution is 6.00. The number of phenols is 1. The van der Waals surface area contributed by atoms with Crippen LogP contribution in [0.1, 0.15) is 45.6 Å². The molecule has 0 saturated carbocycles. The van der Waals surface area contributed by atoms with Gasteiger partial charge in [0.05, 0.1) is 0 Å². The molecule has 1 atom stereocenters. The van der Waals surface area contributed by atoms with Crippen LogP contribution in [0.15, 0.2) is 40.9 Å². The summed E-state index contributed by atoms with van der Waals surface area (Å²) in [4.78, 5) is 17.1. The van der Waals surface area contributed by atoms with E-state index in [4.69, 9.17) is 5.73 Å². The molecule has 1 aliphatic rings. The Balaban J connectivity index is 2.09. The molecular weight excluding hydrogens is 288 g/mol. The number of ketones is 1. The summed E-state index contributed by atoms with van der Waals surface area (Å²) in [5.41, 5.74) is 7.34. The van der Waals surface area contributed by atoms with E-state index >= 15 is 0 Å². The smallest absolute Gasteiger partial charge is 0.164 e. The largest absolute Gasteiger partial charge is 0.508 e. The third-order valence-electron chi connectivity index (χ3n) is 4.17. The van der Waals surface area contributed by atoms with Crippen molar-refractivity contribution in [1.29, 1.82) is 0 Å². The van der Waals surface area contributed by atoms with E-state index in [-0.39, 0.29) is 11.5 Å². The molecule has 0 saturated heterocycles. The average Bonchev–Trinajstić information content (AvgIpc) is 2.53. The number of phenolic OH excluding ortho intramolecular Hbond substituents is 1. The number of amidine groups is 1. The van der Waals surface area contributed by atoms with Crippen molar-refractivity contribution in [1.82, 2.24) is 0 Å². The van der Waals surface area contributed by atoms with Gasteiger partial charge in [0.25, 0.3) is 0 Å². The van der Waals surface area contributed by atoms with Crippen molar-refractivity contribution in [2.75, 3.05) is 0 Å². The Labute approximate surface area is 138 Å². The Morgan fingerprint density at radius 1 is 1.35 bits per heavy atom. The molecule has 4 heteroatoms. The molecule has 4 nitrogen and oxygen atoms in total. The van der Waals surface area contributed by atoms with Crippen molar-refractivity contribution in [3.8, 4) is 5.75 Å². The lowest BCUT2D eigenvalue weighted by Crippen LogP contribution is -2.35. The van der Waals surface area contributed by atoms with Crippen molar-refractivity contribution in [2.24, 2.45) is 16.6 Å². The summed E-state index contributed by atoms with van der Waals surface area (Å²) < 4.78 is 0. The zero-order chi connectivity index (χ0) is 17.0. The minimum atomic E-state index is -0.721. The number of nitrogens with zero attached hydrogens (tertiary/aromatic N) is 1. The maximum atomic E-state index is 12.6. The minimum absolute atomic E-state index is 0.133. The summed E-state index contributed by atoms with van der Waals surface area (Å²) in [5.74, 6) is 1.21. The van der Waals surface area contributed by atoms with Gasteiger partial charge in [-0.25, -0.2) is 0 Å². The summed E-state index contributed by atoms with van der Waals surface area (Å²) in [7, 11) is 0. The molecule has 0 radical (unpaired) electrons. The Kier molecular flexibility index (Phi) is 5.24. The molecule has 1 aromatic rings. The van der Waals surface area contributed by atoms with Crippen LogP contribution in [0.5, 0.6) is 5.75 Å². The van der Waals surface area contributed by atoms with E-state index < -0.39 is 5.54 Å². The molecular formula is C19H26N2O2. The van der Waals surface area contributed by atoms with Crippen molar-refractivity contribution < 1.29 is 9.90 Å². The van der Waals surface area contributed by atoms with Crippen LogP contribution in [0, 0.1) is 5.92 Å². The number of hydrogen-bond acceptors (Lipinski definition) is 4. The zero-order valence-electron chi connectivity index (χ0n) is 14.2. The summed E-state index contributed by atoms with van der Waals surface area (Å²) in [6.07, 6.45) is 4.45.